The van der Waals surface area contributed by atoms with Crippen molar-refractivity contribution in [1.82, 2.24) is 19.8 Å². The maximum Gasteiger partial charge on any atom is 0.343 e. The van der Waals surface area contributed by atoms with Crippen LogP contribution in [0.25, 0.3) is 0 Å². The monoisotopic (exact) mass is 293 g/mol. The smallest absolute Gasteiger partial charge is 0.343 e. The van der Waals surface area contributed by atoms with Gasteiger partial charge in [-0.3, -0.25) is 0 Å². The maximum atomic E-state index is 11.7. The molecule has 1 unspecified atom stereocenters. The summed E-state index contributed by atoms with van der Waals surface area (Å²) in [4.78, 5) is 24.8. The summed E-state index contributed by atoms with van der Waals surface area (Å²) in [5.74, 6) is 0.369. The molecule has 1 fully saturated rings. The van der Waals surface area contributed by atoms with Crippen LogP contribution < -0.4 is 5.73 Å². The van der Waals surface area contributed by atoms with Gasteiger partial charge in [0.25, 0.3) is 0 Å². The summed E-state index contributed by atoms with van der Waals surface area (Å²) >= 11 is 0. The SMILES string of the molecule is CCOC(=O)c1cnc(CC2CN(C)CCN2C)nc1N. The number of piperazine rings is 1. The van der Waals surface area contributed by atoms with Crippen molar-refractivity contribution in [2.45, 2.75) is 19.4 Å². The standard InChI is InChI=1S/C14H23N5O2/c1-4-21-14(20)11-8-16-12(17-13(11)15)7-10-9-18(2)5-6-19(10)3/h8,10H,4-7,9H2,1-3H3,(H2,15,16,17). The van der Waals surface area contributed by atoms with E-state index in [1.54, 1.807) is 6.92 Å². The van der Waals surface area contributed by atoms with E-state index in [1.807, 2.05) is 0 Å². The molecule has 0 saturated carbocycles. The van der Waals surface area contributed by atoms with Gasteiger partial charge in [0, 0.05) is 38.3 Å². The van der Waals surface area contributed by atoms with Crippen LogP contribution >= 0.6 is 0 Å². The van der Waals surface area contributed by atoms with Gasteiger partial charge in [-0.05, 0) is 21.0 Å². The molecule has 1 saturated heterocycles. The second kappa shape index (κ2) is 6.82. The lowest BCUT2D eigenvalue weighted by Crippen LogP contribution is -2.51. The Balaban J connectivity index is 2.07. The van der Waals surface area contributed by atoms with Crippen LogP contribution in [0, 0.1) is 0 Å². The van der Waals surface area contributed by atoms with Crippen LogP contribution in [0.5, 0.6) is 0 Å². The molecule has 1 aromatic rings. The van der Waals surface area contributed by atoms with Gasteiger partial charge in [-0.15, -0.1) is 0 Å². The fourth-order valence-corrected chi connectivity index (χ4v) is 2.43. The number of likely N-dealkylation sites (N-methyl/N-ethyl adjacent to an activating group) is 2. The molecule has 21 heavy (non-hydrogen) atoms. The Kier molecular flexibility index (Phi) is 5.08. The van der Waals surface area contributed by atoms with Crippen molar-refractivity contribution in [2.75, 3.05) is 46.1 Å². The Morgan fingerprint density at radius 3 is 2.90 bits per heavy atom. The summed E-state index contributed by atoms with van der Waals surface area (Å²) in [5, 5.41) is 0. The van der Waals surface area contributed by atoms with Crippen LogP contribution in [0.1, 0.15) is 23.1 Å². The molecular weight excluding hydrogens is 270 g/mol. The minimum atomic E-state index is -0.476. The Hall–Kier alpha value is -1.73. The van der Waals surface area contributed by atoms with Gasteiger partial charge in [0.2, 0.25) is 0 Å². The number of anilines is 1. The molecule has 2 heterocycles. The Labute approximate surface area is 125 Å². The average molecular weight is 293 g/mol. The van der Waals surface area contributed by atoms with Gasteiger partial charge in [-0.2, -0.15) is 0 Å². The van der Waals surface area contributed by atoms with Crippen molar-refractivity contribution >= 4 is 11.8 Å². The highest BCUT2D eigenvalue weighted by Gasteiger charge is 2.24. The molecule has 0 bridgehead atoms. The highest BCUT2D eigenvalue weighted by Crippen LogP contribution is 2.13. The van der Waals surface area contributed by atoms with Crippen LogP contribution in [-0.2, 0) is 11.2 Å². The van der Waals surface area contributed by atoms with E-state index in [-0.39, 0.29) is 11.4 Å². The zero-order valence-electron chi connectivity index (χ0n) is 12.9. The van der Waals surface area contributed by atoms with E-state index in [0.717, 1.165) is 19.6 Å². The number of hydrogen-bond acceptors (Lipinski definition) is 7. The molecule has 1 aliphatic rings. The molecule has 0 aliphatic carbocycles. The highest BCUT2D eigenvalue weighted by atomic mass is 16.5. The van der Waals surface area contributed by atoms with Crippen molar-refractivity contribution in [3.05, 3.63) is 17.6 Å². The first kappa shape index (κ1) is 15.7. The molecule has 2 N–H and O–H groups in total. The van der Waals surface area contributed by atoms with Gasteiger partial charge < -0.3 is 20.3 Å². The minimum absolute atomic E-state index is 0.185. The van der Waals surface area contributed by atoms with Gasteiger partial charge >= 0.3 is 5.97 Å². The van der Waals surface area contributed by atoms with Gasteiger partial charge in [0.1, 0.15) is 17.2 Å². The summed E-state index contributed by atoms with van der Waals surface area (Å²) in [5.41, 5.74) is 6.07. The summed E-state index contributed by atoms with van der Waals surface area (Å²) < 4.78 is 4.92. The number of nitrogens with two attached hydrogens (primary N) is 1. The van der Waals surface area contributed by atoms with Gasteiger partial charge in [-0.25, -0.2) is 14.8 Å². The van der Waals surface area contributed by atoms with Crippen LogP contribution in [0.4, 0.5) is 5.82 Å². The average Bonchev–Trinajstić information content (AvgIpc) is 2.43. The van der Waals surface area contributed by atoms with Gasteiger partial charge in [0.05, 0.1) is 6.61 Å². The second-order valence-corrected chi connectivity index (χ2v) is 5.41. The first-order valence-corrected chi connectivity index (χ1v) is 7.18. The van der Waals surface area contributed by atoms with E-state index >= 15 is 0 Å². The molecular formula is C14H23N5O2. The van der Waals surface area contributed by atoms with Crippen molar-refractivity contribution in [1.29, 1.82) is 0 Å². The minimum Gasteiger partial charge on any atom is -0.462 e. The Morgan fingerprint density at radius 1 is 1.48 bits per heavy atom. The van der Waals surface area contributed by atoms with E-state index in [1.165, 1.54) is 6.20 Å². The molecule has 0 radical (unpaired) electrons. The molecule has 7 nitrogen and oxygen atoms in total. The largest absolute Gasteiger partial charge is 0.462 e. The van der Waals surface area contributed by atoms with E-state index < -0.39 is 5.97 Å². The first-order valence-electron chi connectivity index (χ1n) is 7.18. The first-order chi connectivity index (χ1) is 10.0. The van der Waals surface area contributed by atoms with Gasteiger partial charge in [0.15, 0.2) is 0 Å². The lowest BCUT2D eigenvalue weighted by Gasteiger charge is -2.37. The van der Waals surface area contributed by atoms with Crippen LogP contribution in [0.2, 0.25) is 0 Å². The number of nitrogens with zero attached hydrogens (tertiary/aromatic N) is 4. The van der Waals surface area contributed by atoms with Crippen LogP contribution in [0.15, 0.2) is 6.20 Å². The predicted molar refractivity (Wildman–Crippen MR) is 80.0 cm³/mol. The normalized spacial score (nSPS) is 20.4. The number of aromatic nitrogens is 2. The topological polar surface area (TPSA) is 84.6 Å². The molecule has 2 rings (SSSR count). The maximum absolute atomic E-state index is 11.7. The number of hydrogen-bond donors (Lipinski definition) is 1. The lowest BCUT2D eigenvalue weighted by molar-refractivity contribution is 0.0526. The quantitative estimate of drug-likeness (QED) is 0.784. The van der Waals surface area contributed by atoms with Crippen molar-refractivity contribution in [2.24, 2.45) is 0 Å². The zero-order valence-corrected chi connectivity index (χ0v) is 12.9. The fraction of sp³-hybridized carbons (Fsp3) is 0.643. The number of nitrogen functional groups attached to an aromatic ring is 1. The van der Waals surface area contributed by atoms with E-state index in [0.29, 0.717) is 24.9 Å². The molecule has 0 aromatic carbocycles. The van der Waals surface area contributed by atoms with Crippen molar-refractivity contribution < 1.29 is 9.53 Å². The van der Waals surface area contributed by atoms with E-state index in [2.05, 4.69) is 33.9 Å². The van der Waals surface area contributed by atoms with E-state index in [4.69, 9.17) is 10.5 Å². The summed E-state index contributed by atoms with van der Waals surface area (Å²) in [6.45, 7) is 5.12. The predicted octanol–water partition coefficient (Wildman–Crippen LogP) is 0.0238. The molecule has 7 heteroatoms. The van der Waals surface area contributed by atoms with Crippen LogP contribution in [-0.4, -0.2) is 72.1 Å². The third-order valence-electron chi connectivity index (χ3n) is 3.76. The highest BCUT2D eigenvalue weighted by molar-refractivity contribution is 5.93. The zero-order chi connectivity index (χ0) is 15.4. The molecule has 116 valence electrons. The number of esters is 1. The Morgan fingerprint density at radius 2 is 2.24 bits per heavy atom. The molecule has 1 aromatic heterocycles. The third kappa shape index (κ3) is 3.89. The third-order valence-corrected chi connectivity index (χ3v) is 3.76. The van der Waals surface area contributed by atoms with Crippen molar-refractivity contribution in [3.63, 3.8) is 0 Å². The fourth-order valence-electron chi connectivity index (χ4n) is 2.43. The summed E-state index contributed by atoms with van der Waals surface area (Å²) in [6, 6.07) is 0.358. The molecule has 0 amide bonds. The number of carbonyl (C=O) groups is 1. The van der Waals surface area contributed by atoms with Crippen molar-refractivity contribution in [3.8, 4) is 0 Å². The summed E-state index contributed by atoms with van der Waals surface area (Å²) in [7, 11) is 4.22. The number of rotatable bonds is 4. The lowest BCUT2D eigenvalue weighted by atomic mass is 10.1. The second-order valence-electron chi connectivity index (χ2n) is 5.41. The van der Waals surface area contributed by atoms with Gasteiger partial charge in [-0.1, -0.05) is 0 Å². The number of carbonyl (C=O) groups excluding carboxylic acids is 1. The molecule has 1 aliphatic heterocycles. The Bertz CT molecular complexity index is 508. The van der Waals surface area contributed by atoms with Crippen LogP contribution in [0.3, 0.4) is 0 Å². The molecule has 0 spiro atoms. The molecule has 1 atom stereocenters. The number of ether oxygens (including phenoxy) is 1. The summed E-state index contributed by atoms with van der Waals surface area (Å²) in [6.07, 6.45) is 2.18. The van der Waals surface area contributed by atoms with E-state index in [9.17, 15) is 4.79 Å².